The van der Waals surface area contributed by atoms with E-state index in [9.17, 15) is 5.11 Å². The second-order valence-electron chi connectivity index (χ2n) is 6.38. The van der Waals surface area contributed by atoms with Crippen molar-refractivity contribution in [2.24, 2.45) is 5.41 Å². The molecule has 0 fully saturated rings. The van der Waals surface area contributed by atoms with Crippen molar-refractivity contribution in [2.75, 3.05) is 0 Å². The van der Waals surface area contributed by atoms with Crippen molar-refractivity contribution in [2.45, 2.75) is 58.5 Å². The van der Waals surface area contributed by atoms with Gasteiger partial charge in [0.05, 0.1) is 6.10 Å². The highest BCUT2D eigenvalue weighted by Crippen LogP contribution is 2.36. The fraction of sp³-hybridized carbons (Fsp3) is 0.667. The van der Waals surface area contributed by atoms with Crippen molar-refractivity contribution >= 4 is 0 Å². The van der Waals surface area contributed by atoms with Crippen molar-refractivity contribution in [1.82, 2.24) is 4.98 Å². The van der Waals surface area contributed by atoms with Crippen LogP contribution < -0.4 is 0 Å². The number of pyridine rings is 1. The highest BCUT2D eigenvalue weighted by Gasteiger charge is 2.30. The van der Waals surface area contributed by atoms with E-state index in [1.54, 1.807) is 0 Å². The van der Waals surface area contributed by atoms with Gasteiger partial charge in [-0.15, -0.1) is 0 Å². The zero-order valence-electron chi connectivity index (χ0n) is 11.1. The number of aliphatic hydroxyl groups is 1. The van der Waals surface area contributed by atoms with Crippen LogP contribution in [0.3, 0.4) is 0 Å². The number of rotatable bonds is 2. The summed E-state index contributed by atoms with van der Waals surface area (Å²) in [5.74, 6) is 0.235. The molecule has 0 radical (unpaired) electrons. The fourth-order valence-electron chi connectivity index (χ4n) is 2.79. The van der Waals surface area contributed by atoms with Gasteiger partial charge in [-0.05, 0) is 42.7 Å². The minimum Gasteiger partial charge on any atom is -0.392 e. The molecule has 0 spiro atoms. The van der Waals surface area contributed by atoms with Crippen LogP contribution in [-0.4, -0.2) is 16.2 Å². The van der Waals surface area contributed by atoms with Crippen molar-refractivity contribution in [3.63, 3.8) is 0 Å². The number of hydrogen-bond acceptors (Lipinski definition) is 2. The summed E-state index contributed by atoms with van der Waals surface area (Å²) in [5, 5.41) is 10.4. The Morgan fingerprint density at radius 1 is 1.47 bits per heavy atom. The van der Waals surface area contributed by atoms with Crippen molar-refractivity contribution < 1.29 is 5.11 Å². The van der Waals surface area contributed by atoms with Gasteiger partial charge in [0.1, 0.15) is 0 Å². The molecule has 1 aliphatic carbocycles. The monoisotopic (exact) mass is 233 g/mol. The second kappa shape index (κ2) is 4.77. The molecule has 94 valence electrons. The lowest BCUT2D eigenvalue weighted by Gasteiger charge is -2.31. The number of aliphatic hydroxyl groups excluding tert-OH is 1. The summed E-state index contributed by atoms with van der Waals surface area (Å²) in [5.41, 5.74) is 2.64. The second-order valence-corrected chi connectivity index (χ2v) is 6.38. The number of hydrogen-bond donors (Lipinski definition) is 1. The Hall–Kier alpha value is -0.890. The normalized spacial score (nSPS) is 22.0. The van der Waals surface area contributed by atoms with Gasteiger partial charge in [-0.1, -0.05) is 26.8 Å². The Bertz CT molecular complexity index is 381. The lowest BCUT2D eigenvalue weighted by atomic mass is 9.77. The number of aryl methyl sites for hydroxylation is 1. The highest BCUT2D eigenvalue weighted by molar-refractivity contribution is 5.26. The molecule has 2 rings (SSSR count). The molecule has 1 heterocycles. The summed E-state index contributed by atoms with van der Waals surface area (Å²) in [4.78, 5) is 4.49. The summed E-state index contributed by atoms with van der Waals surface area (Å²) >= 11 is 0. The molecule has 1 N–H and O–H groups in total. The molecule has 2 unspecified atom stereocenters. The van der Waals surface area contributed by atoms with E-state index in [1.807, 2.05) is 12.3 Å². The SMILES string of the molecule is CC(C)(C)CC(O)C1CCCc2cccnc21. The highest BCUT2D eigenvalue weighted by atomic mass is 16.3. The van der Waals surface area contributed by atoms with Gasteiger partial charge in [0.2, 0.25) is 0 Å². The minimum atomic E-state index is -0.260. The first-order valence-corrected chi connectivity index (χ1v) is 6.59. The molecule has 0 aliphatic heterocycles. The van der Waals surface area contributed by atoms with Crippen molar-refractivity contribution in [3.05, 3.63) is 29.6 Å². The van der Waals surface area contributed by atoms with Gasteiger partial charge < -0.3 is 5.11 Å². The van der Waals surface area contributed by atoms with Crippen LogP contribution in [0.5, 0.6) is 0 Å². The average molecular weight is 233 g/mol. The molecule has 0 saturated carbocycles. The molecule has 0 bridgehead atoms. The quantitative estimate of drug-likeness (QED) is 0.850. The van der Waals surface area contributed by atoms with Crippen LogP contribution in [0.4, 0.5) is 0 Å². The minimum absolute atomic E-state index is 0.172. The first-order chi connectivity index (χ1) is 7.97. The van der Waals surface area contributed by atoms with Gasteiger partial charge in [0.15, 0.2) is 0 Å². The third-order valence-electron chi connectivity index (χ3n) is 3.52. The largest absolute Gasteiger partial charge is 0.392 e. The van der Waals surface area contributed by atoms with E-state index >= 15 is 0 Å². The third kappa shape index (κ3) is 3.06. The van der Waals surface area contributed by atoms with Crippen LogP contribution in [0, 0.1) is 5.41 Å². The molecule has 2 heteroatoms. The standard InChI is InChI=1S/C15H23NO/c1-15(2,3)10-13(17)12-8-4-6-11-7-5-9-16-14(11)12/h5,7,9,12-13,17H,4,6,8,10H2,1-3H3. The molecule has 0 aromatic carbocycles. The summed E-state index contributed by atoms with van der Waals surface area (Å²) in [6.07, 6.45) is 5.78. The Kier molecular flexibility index (Phi) is 3.53. The van der Waals surface area contributed by atoms with Gasteiger partial charge in [0.25, 0.3) is 0 Å². The zero-order valence-corrected chi connectivity index (χ0v) is 11.1. The first kappa shape index (κ1) is 12.6. The van der Waals surface area contributed by atoms with E-state index in [4.69, 9.17) is 0 Å². The van der Waals surface area contributed by atoms with Gasteiger partial charge in [-0.3, -0.25) is 4.98 Å². The molecule has 1 aliphatic rings. The van der Waals surface area contributed by atoms with Crippen LogP contribution in [0.2, 0.25) is 0 Å². The average Bonchev–Trinajstić information content (AvgIpc) is 2.26. The lowest BCUT2D eigenvalue weighted by Crippen LogP contribution is -2.28. The summed E-state index contributed by atoms with van der Waals surface area (Å²) in [7, 11) is 0. The summed E-state index contributed by atoms with van der Waals surface area (Å²) < 4.78 is 0. The first-order valence-electron chi connectivity index (χ1n) is 6.59. The van der Waals surface area contributed by atoms with E-state index in [1.165, 1.54) is 12.0 Å². The van der Waals surface area contributed by atoms with E-state index in [0.717, 1.165) is 25.0 Å². The Morgan fingerprint density at radius 3 is 2.94 bits per heavy atom. The van der Waals surface area contributed by atoms with Crippen LogP contribution in [0.25, 0.3) is 0 Å². The van der Waals surface area contributed by atoms with Gasteiger partial charge in [-0.25, -0.2) is 0 Å². The van der Waals surface area contributed by atoms with Crippen molar-refractivity contribution in [3.8, 4) is 0 Å². The Morgan fingerprint density at radius 2 is 2.24 bits per heavy atom. The van der Waals surface area contributed by atoms with Gasteiger partial charge in [-0.2, -0.15) is 0 Å². The molecular formula is C15H23NO. The molecule has 0 amide bonds. The van der Waals surface area contributed by atoms with Crippen molar-refractivity contribution in [1.29, 1.82) is 0 Å². The van der Waals surface area contributed by atoms with Gasteiger partial charge in [0, 0.05) is 17.8 Å². The lowest BCUT2D eigenvalue weighted by molar-refractivity contribution is 0.0873. The smallest absolute Gasteiger partial charge is 0.0628 e. The number of aromatic nitrogens is 1. The maximum Gasteiger partial charge on any atom is 0.0628 e. The zero-order chi connectivity index (χ0) is 12.5. The number of nitrogens with zero attached hydrogens (tertiary/aromatic N) is 1. The topological polar surface area (TPSA) is 33.1 Å². The molecule has 0 saturated heterocycles. The molecule has 1 aromatic rings. The predicted octanol–water partition coefficient (Wildman–Crippen LogP) is 3.30. The van der Waals surface area contributed by atoms with E-state index in [-0.39, 0.29) is 17.4 Å². The molecule has 1 aromatic heterocycles. The maximum absolute atomic E-state index is 10.4. The van der Waals surface area contributed by atoms with E-state index in [0.29, 0.717) is 0 Å². The Labute approximate surface area is 104 Å². The molecule has 2 atom stereocenters. The van der Waals surface area contributed by atoms with Crippen LogP contribution in [0.1, 0.15) is 57.2 Å². The van der Waals surface area contributed by atoms with Gasteiger partial charge >= 0.3 is 0 Å². The van der Waals surface area contributed by atoms with E-state index in [2.05, 4.69) is 31.8 Å². The predicted molar refractivity (Wildman–Crippen MR) is 70.0 cm³/mol. The molecule has 17 heavy (non-hydrogen) atoms. The summed E-state index contributed by atoms with van der Waals surface area (Å²) in [6, 6.07) is 4.15. The third-order valence-corrected chi connectivity index (χ3v) is 3.52. The summed E-state index contributed by atoms with van der Waals surface area (Å²) in [6.45, 7) is 6.54. The maximum atomic E-state index is 10.4. The molecular weight excluding hydrogens is 210 g/mol. The Balaban J connectivity index is 2.18. The van der Waals surface area contributed by atoms with E-state index < -0.39 is 0 Å². The fourth-order valence-corrected chi connectivity index (χ4v) is 2.79. The molecule has 2 nitrogen and oxygen atoms in total. The van der Waals surface area contributed by atoms with Crippen LogP contribution >= 0.6 is 0 Å². The number of fused-ring (bicyclic) bond motifs is 1. The van der Waals surface area contributed by atoms with Crippen LogP contribution in [-0.2, 0) is 6.42 Å². The van der Waals surface area contributed by atoms with Crippen LogP contribution in [0.15, 0.2) is 18.3 Å².